The van der Waals surface area contributed by atoms with Gasteiger partial charge in [0.25, 0.3) is 11.5 Å². The first-order chi connectivity index (χ1) is 20.7. The first-order valence-electron chi connectivity index (χ1n) is 15.0. The summed E-state index contributed by atoms with van der Waals surface area (Å²) in [5.74, 6) is 0.0682. The molecule has 5 rings (SSSR count). The van der Waals surface area contributed by atoms with Crippen LogP contribution >= 0.6 is 22.9 Å². The van der Waals surface area contributed by atoms with Crippen molar-refractivity contribution in [2.45, 2.75) is 53.0 Å². The molecule has 0 aliphatic carbocycles. The first-order valence-corrected chi connectivity index (χ1v) is 16.3. The molecule has 1 aliphatic rings. The van der Waals surface area contributed by atoms with Gasteiger partial charge in [-0.05, 0) is 54.5 Å². The van der Waals surface area contributed by atoms with Gasteiger partial charge in [-0.15, -0.1) is 11.3 Å². The Morgan fingerprint density at radius 1 is 1.14 bits per heavy atom. The van der Waals surface area contributed by atoms with Crippen LogP contribution in [0.1, 0.15) is 54.9 Å². The fraction of sp³-hybridized carbons (Fsp3) is 0.382. The number of aryl methyl sites for hydroxylation is 2. The van der Waals surface area contributed by atoms with Gasteiger partial charge in [-0.25, -0.2) is 4.98 Å². The molecule has 1 amide bonds. The van der Waals surface area contributed by atoms with Crippen LogP contribution in [0.15, 0.2) is 58.7 Å². The van der Waals surface area contributed by atoms with Crippen LogP contribution in [-0.2, 0) is 19.3 Å². The fourth-order valence-electron chi connectivity index (χ4n) is 5.77. The first kappa shape index (κ1) is 31.1. The molecule has 4 aromatic rings. The minimum Gasteiger partial charge on any atom is -0.395 e. The minimum atomic E-state index is -0.190. The summed E-state index contributed by atoms with van der Waals surface area (Å²) in [6.07, 6.45) is 2.05. The number of nitrogens with one attached hydrogen (secondary N) is 1. The molecule has 0 bridgehead atoms. The van der Waals surface area contributed by atoms with Gasteiger partial charge in [0.1, 0.15) is 5.01 Å². The van der Waals surface area contributed by atoms with E-state index in [1.807, 2.05) is 40.3 Å². The zero-order valence-corrected chi connectivity index (χ0v) is 26.8. The van der Waals surface area contributed by atoms with Crippen molar-refractivity contribution in [3.63, 3.8) is 0 Å². The number of nitrogens with zero attached hydrogens (tertiary/aromatic N) is 3. The lowest BCUT2D eigenvalue weighted by Crippen LogP contribution is -2.54. The van der Waals surface area contributed by atoms with Crippen LogP contribution in [0.25, 0.3) is 27.5 Å². The molecule has 7 nitrogen and oxygen atoms in total. The highest BCUT2D eigenvalue weighted by atomic mass is 35.5. The van der Waals surface area contributed by atoms with Crippen LogP contribution in [0.2, 0.25) is 5.02 Å². The Hall–Kier alpha value is -3.30. The number of para-hydroxylation sites is 1. The monoisotopic (exact) mass is 618 g/mol. The van der Waals surface area contributed by atoms with E-state index in [-0.39, 0.29) is 30.0 Å². The molecule has 2 aromatic heterocycles. The number of carbonyl (C=O) groups is 1. The number of aromatic nitrogens is 2. The number of aliphatic hydroxyl groups is 1. The molecule has 1 fully saturated rings. The predicted molar refractivity (Wildman–Crippen MR) is 176 cm³/mol. The zero-order valence-electron chi connectivity index (χ0n) is 25.2. The maximum absolute atomic E-state index is 14.7. The van der Waals surface area contributed by atoms with Crippen LogP contribution in [0, 0.1) is 5.92 Å². The summed E-state index contributed by atoms with van der Waals surface area (Å²) in [5, 5.41) is 16.2. The number of hydrogen-bond acceptors (Lipinski definition) is 6. The molecule has 3 heterocycles. The molecular weight excluding hydrogens is 580 g/mol. The standard InChI is InChI=1S/C34H39ClN4O3S/c1-5-22-8-7-9-23(6-2)31(22)39-30(16-21(3)4)27(33(41)38-15-14-36-26(18-38)19-40)17-28(34(39)42)32-37-29(20-43-32)24-10-12-25(35)13-11-24/h7-13,17,20-21,26,36,40H,5-6,14-16,18-19H2,1-4H3/t26-/m1/s1. The lowest BCUT2D eigenvalue weighted by molar-refractivity contribution is 0.0669. The van der Waals surface area contributed by atoms with Gasteiger partial charge in [0.15, 0.2) is 0 Å². The number of benzene rings is 2. The van der Waals surface area contributed by atoms with Crippen LogP contribution in [-0.4, -0.2) is 57.7 Å². The van der Waals surface area contributed by atoms with Gasteiger partial charge >= 0.3 is 0 Å². The number of rotatable bonds is 9. The third kappa shape index (κ3) is 6.48. The van der Waals surface area contributed by atoms with Gasteiger partial charge in [0.05, 0.1) is 29.1 Å². The number of piperazine rings is 1. The van der Waals surface area contributed by atoms with Crippen molar-refractivity contribution in [1.29, 1.82) is 0 Å². The fourth-order valence-corrected chi connectivity index (χ4v) is 6.73. The van der Waals surface area contributed by atoms with E-state index in [0.29, 0.717) is 47.2 Å². The largest absolute Gasteiger partial charge is 0.395 e. The minimum absolute atomic E-state index is 0.0519. The van der Waals surface area contributed by atoms with E-state index in [2.05, 4.69) is 45.1 Å². The van der Waals surface area contributed by atoms with Gasteiger partial charge in [0, 0.05) is 47.3 Å². The Balaban J connectivity index is 1.78. The molecular formula is C34H39ClN4O3S. The summed E-state index contributed by atoms with van der Waals surface area (Å²) in [6, 6.07) is 15.2. The number of halogens is 1. The topological polar surface area (TPSA) is 87.5 Å². The highest BCUT2D eigenvalue weighted by molar-refractivity contribution is 7.13. The van der Waals surface area contributed by atoms with E-state index >= 15 is 0 Å². The van der Waals surface area contributed by atoms with Crippen LogP contribution < -0.4 is 10.9 Å². The maximum atomic E-state index is 14.7. The van der Waals surface area contributed by atoms with E-state index in [9.17, 15) is 14.7 Å². The summed E-state index contributed by atoms with van der Waals surface area (Å²) in [7, 11) is 0. The number of thiazole rings is 1. The molecule has 0 spiro atoms. The highest BCUT2D eigenvalue weighted by Gasteiger charge is 2.30. The van der Waals surface area contributed by atoms with Crippen molar-refractivity contribution < 1.29 is 9.90 Å². The number of hydrogen-bond donors (Lipinski definition) is 2. The lowest BCUT2D eigenvalue weighted by atomic mass is 9.96. The maximum Gasteiger partial charge on any atom is 0.265 e. The average Bonchev–Trinajstić information content (AvgIpc) is 3.51. The van der Waals surface area contributed by atoms with Crippen LogP contribution in [0.3, 0.4) is 0 Å². The second-order valence-electron chi connectivity index (χ2n) is 11.4. The summed E-state index contributed by atoms with van der Waals surface area (Å²) in [6.45, 7) is 9.86. The Morgan fingerprint density at radius 3 is 2.47 bits per heavy atom. The molecule has 0 saturated carbocycles. The number of carbonyl (C=O) groups excluding carboxylic acids is 1. The van der Waals surface area contributed by atoms with Crippen LogP contribution in [0.5, 0.6) is 0 Å². The van der Waals surface area contributed by atoms with Gasteiger partial charge in [-0.1, -0.05) is 69.6 Å². The molecule has 43 heavy (non-hydrogen) atoms. The number of aliphatic hydroxyl groups excluding tert-OH is 1. The highest BCUT2D eigenvalue weighted by Crippen LogP contribution is 2.32. The number of pyridine rings is 1. The quantitative estimate of drug-likeness (QED) is 0.240. The van der Waals surface area contributed by atoms with E-state index in [1.165, 1.54) is 11.3 Å². The smallest absolute Gasteiger partial charge is 0.265 e. The van der Waals surface area contributed by atoms with E-state index in [4.69, 9.17) is 16.6 Å². The van der Waals surface area contributed by atoms with Crippen molar-refractivity contribution in [2.24, 2.45) is 5.92 Å². The molecule has 0 unspecified atom stereocenters. The third-order valence-corrected chi connectivity index (χ3v) is 9.09. The van der Waals surface area contributed by atoms with Crippen LogP contribution in [0.4, 0.5) is 0 Å². The normalized spacial score (nSPS) is 15.3. The zero-order chi connectivity index (χ0) is 30.7. The van der Waals surface area contributed by atoms with E-state index < -0.39 is 0 Å². The Bertz CT molecular complexity index is 1640. The van der Waals surface area contributed by atoms with Crippen molar-refractivity contribution in [2.75, 3.05) is 26.2 Å². The second kappa shape index (κ2) is 13.6. The summed E-state index contributed by atoms with van der Waals surface area (Å²) in [5.41, 5.74) is 6.11. The molecule has 2 aromatic carbocycles. The molecule has 1 saturated heterocycles. The van der Waals surface area contributed by atoms with Gasteiger partial charge in [-0.3, -0.25) is 14.2 Å². The summed E-state index contributed by atoms with van der Waals surface area (Å²) in [4.78, 5) is 35.8. The Kier molecular flexibility index (Phi) is 9.82. The van der Waals surface area contributed by atoms with Gasteiger partial charge < -0.3 is 15.3 Å². The van der Waals surface area contributed by atoms with Crippen molar-refractivity contribution >= 4 is 28.8 Å². The molecule has 226 valence electrons. The van der Waals surface area contributed by atoms with Crippen molar-refractivity contribution in [1.82, 2.24) is 19.8 Å². The molecule has 9 heteroatoms. The number of amides is 1. The van der Waals surface area contributed by atoms with Gasteiger partial charge in [0.2, 0.25) is 0 Å². The lowest BCUT2D eigenvalue weighted by Gasteiger charge is -2.34. The SMILES string of the molecule is CCc1cccc(CC)c1-n1c(CC(C)C)c(C(=O)N2CCN[C@@H](CO)C2)cc(-c2nc(-c3ccc(Cl)cc3)cs2)c1=O. The summed E-state index contributed by atoms with van der Waals surface area (Å²) >= 11 is 7.50. The third-order valence-electron chi connectivity index (χ3n) is 7.96. The molecule has 1 aliphatic heterocycles. The second-order valence-corrected chi connectivity index (χ2v) is 12.7. The van der Waals surface area contributed by atoms with Crippen molar-refractivity contribution in [3.8, 4) is 27.5 Å². The van der Waals surface area contributed by atoms with Crippen molar-refractivity contribution in [3.05, 3.63) is 91.7 Å². The van der Waals surface area contributed by atoms with Gasteiger partial charge in [-0.2, -0.15) is 0 Å². The van der Waals surface area contributed by atoms with E-state index in [0.717, 1.165) is 46.6 Å². The Morgan fingerprint density at radius 2 is 1.84 bits per heavy atom. The Labute approximate surface area is 262 Å². The molecule has 0 radical (unpaired) electrons. The van der Waals surface area contributed by atoms with E-state index in [1.54, 1.807) is 11.0 Å². The average molecular weight is 619 g/mol. The molecule has 2 N–H and O–H groups in total. The predicted octanol–water partition coefficient (Wildman–Crippen LogP) is 6.01. The summed E-state index contributed by atoms with van der Waals surface area (Å²) < 4.78 is 1.81. The molecule has 1 atom stereocenters.